The molecule has 0 N–H and O–H groups in total. The summed E-state index contributed by atoms with van der Waals surface area (Å²) in [6.45, 7) is 4.21. The fourth-order valence-electron chi connectivity index (χ4n) is 3.01. The van der Waals surface area contributed by atoms with Crippen LogP contribution in [-0.4, -0.2) is 16.6 Å². The Morgan fingerprint density at radius 1 is 1.08 bits per heavy atom. The van der Waals surface area contributed by atoms with Crippen molar-refractivity contribution in [2.24, 2.45) is 5.92 Å². The molecule has 26 heavy (non-hydrogen) atoms. The molecule has 3 nitrogen and oxygen atoms in total. The van der Waals surface area contributed by atoms with Crippen LogP contribution in [0.2, 0.25) is 0 Å². The fourth-order valence-corrected chi connectivity index (χ4v) is 3.01. The van der Waals surface area contributed by atoms with Crippen molar-refractivity contribution < 1.29 is 9.59 Å². The summed E-state index contributed by atoms with van der Waals surface area (Å²) in [4.78, 5) is 26.7. The van der Waals surface area contributed by atoms with Gasteiger partial charge in [0.1, 0.15) is 5.78 Å². The zero-order valence-corrected chi connectivity index (χ0v) is 15.3. The van der Waals surface area contributed by atoms with Crippen molar-refractivity contribution in [3.05, 3.63) is 71.0 Å². The van der Waals surface area contributed by atoms with Gasteiger partial charge in [-0.25, -0.2) is 0 Å². The van der Waals surface area contributed by atoms with E-state index in [2.05, 4.69) is 11.8 Å². The van der Waals surface area contributed by atoms with Crippen LogP contribution in [0.5, 0.6) is 0 Å². The highest BCUT2D eigenvalue weighted by molar-refractivity contribution is 5.87. The van der Waals surface area contributed by atoms with Gasteiger partial charge in [-0.15, -0.1) is 0 Å². The molecule has 0 radical (unpaired) electrons. The zero-order valence-electron chi connectivity index (χ0n) is 15.3. The number of hydrogen-bond acceptors (Lipinski definition) is 2. The highest BCUT2D eigenvalue weighted by atomic mass is 16.2. The first-order chi connectivity index (χ1) is 12.6. The second-order valence-electron chi connectivity index (χ2n) is 6.85. The third-order valence-corrected chi connectivity index (χ3v) is 4.61. The van der Waals surface area contributed by atoms with Crippen LogP contribution in [-0.2, 0) is 16.1 Å². The number of ketones is 1. The number of amides is 1. The standard InChI is InChI=1S/C23H23NO2/c1-17(2)22(25)14-15-23(26)24-16-20-10-7-6-8-18(20)12-13-19-9-4-3-5-11-21(19)24/h4-11,17H,3,14-16H2,1-2H3. The van der Waals surface area contributed by atoms with Crippen LogP contribution in [0.1, 0.15) is 44.2 Å². The second kappa shape index (κ2) is 8.01. The van der Waals surface area contributed by atoms with Crippen molar-refractivity contribution in [2.75, 3.05) is 0 Å². The molecular weight excluding hydrogens is 322 g/mol. The summed E-state index contributed by atoms with van der Waals surface area (Å²) in [5.41, 5.74) is 3.63. The summed E-state index contributed by atoms with van der Waals surface area (Å²) < 4.78 is 0. The molecule has 0 fully saturated rings. The van der Waals surface area contributed by atoms with Crippen LogP contribution >= 0.6 is 0 Å². The Hall–Kier alpha value is -2.86. The smallest absolute Gasteiger partial charge is 0.227 e. The lowest BCUT2D eigenvalue weighted by Gasteiger charge is -2.26. The highest BCUT2D eigenvalue weighted by Crippen LogP contribution is 2.24. The molecule has 0 saturated heterocycles. The van der Waals surface area contributed by atoms with Crippen molar-refractivity contribution in [2.45, 2.75) is 39.7 Å². The van der Waals surface area contributed by atoms with Gasteiger partial charge in [0.25, 0.3) is 0 Å². The molecule has 1 heterocycles. The summed E-state index contributed by atoms with van der Waals surface area (Å²) in [6.07, 6.45) is 9.36. The molecular formula is C23H23NO2. The van der Waals surface area contributed by atoms with Crippen molar-refractivity contribution in [3.8, 4) is 11.8 Å². The maximum atomic E-state index is 13.0. The van der Waals surface area contributed by atoms with Crippen molar-refractivity contribution in [3.63, 3.8) is 0 Å². The van der Waals surface area contributed by atoms with E-state index < -0.39 is 0 Å². The minimum atomic E-state index is -0.0442. The van der Waals surface area contributed by atoms with E-state index in [1.165, 1.54) is 0 Å². The first-order valence-electron chi connectivity index (χ1n) is 9.06. The molecule has 1 aromatic rings. The van der Waals surface area contributed by atoms with Gasteiger partial charge in [0, 0.05) is 29.9 Å². The lowest BCUT2D eigenvalue weighted by Crippen LogP contribution is -2.31. The minimum absolute atomic E-state index is 0.0371. The van der Waals surface area contributed by atoms with Crippen LogP contribution in [0.3, 0.4) is 0 Å². The summed E-state index contributed by atoms with van der Waals surface area (Å²) in [6, 6.07) is 7.91. The number of rotatable bonds is 4. The fraction of sp³-hybridized carbons (Fsp3) is 0.304. The third-order valence-electron chi connectivity index (χ3n) is 4.61. The average molecular weight is 345 g/mol. The molecule has 0 bridgehead atoms. The Morgan fingerprint density at radius 2 is 1.85 bits per heavy atom. The Balaban J connectivity index is 1.96. The number of benzene rings is 1. The van der Waals surface area contributed by atoms with Gasteiger partial charge in [0.15, 0.2) is 0 Å². The summed E-state index contributed by atoms with van der Waals surface area (Å²) in [7, 11) is 0. The number of carbonyl (C=O) groups is 2. The van der Waals surface area contributed by atoms with Crippen LogP contribution in [0.15, 0.2) is 59.8 Å². The molecule has 0 atom stereocenters. The van der Waals surface area contributed by atoms with Gasteiger partial charge >= 0.3 is 0 Å². The first-order valence-corrected chi connectivity index (χ1v) is 9.06. The highest BCUT2D eigenvalue weighted by Gasteiger charge is 2.23. The topological polar surface area (TPSA) is 37.4 Å². The normalized spacial score (nSPS) is 15.4. The van der Waals surface area contributed by atoms with Crippen molar-refractivity contribution in [1.82, 2.24) is 4.90 Å². The van der Waals surface area contributed by atoms with Gasteiger partial charge < -0.3 is 4.90 Å². The predicted molar refractivity (Wildman–Crippen MR) is 103 cm³/mol. The molecule has 132 valence electrons. The largest absolute Gasteiger partial charge is 0.307 e. The molecule has 2 aliphatic rings. The maximum Gasteiger partial charge on any atom is 0.227 e. The van der Waals surface area contributed by atoms with E-state index >= 15 is 0 Å². The van der Waals surface area contributed by atoms with E-state index in [0.717, 1.165) is 28.8 Å². The van der Waals surface area contributed by atoms with E-state index in [9.17, 15) is 9.59 Å². The lowest BCUT2D eigenvalue weighted by atomic mass is 10.0. The van der Waals surface area contributed by atoms with Crippen LogP contribution in [0, 0.1) is 17.8 Å². The maximum absolute atomic E-state index is 13.0. The summed E-state index contributed by atoms with van der Waals surface area (Å²) >= 11 is 0. The van der Waals surface area contributed by atoms with Crippen molar-refractivity contribution >= 4 is 11.7 Å². The summed E-state index contributed by atoms with van der Waals surface area (Å²) in [5, 5.41) is 0. The average Bonchev–Trinajstić information content (AvgIpc) is 2.86. The molecule has 3 rings (SSSR count). The van der Waals surface area contributed by atoms with E-state index in [0.29, 0.717) is 6.54 Å². The van der Waals surface area contributed by atoms with Gasteiger partial charge in [0.05, 0.1) is 12.2 Å². The molecule has 3 heteroatoms. The quantitative estimate of drug-likeness (QED) is 0.769. The van der Waals surface area contributed by atoms with Gasteiger partial charge in [0.2, 0.25) is 5.91 Å². The minimum Gasteiger partial charge on any atom is -0.307 e. The number of carbonyl (C=O) groups excluding carboxylic acids is 2. The Bertz CT molecular complexity index is 875. The molecule has 0 aromatic heterocycles. The van der Waals surface area contributed by atoms with E-state index in [1.807, 2.05) is 62.4 Å². The first kappa shape index (κ1) is 17.9. The molecule has 1 aromatic carbocycles. The molecule has 0 unspecified atom stereocenters. The number of Topliss-reactive ketones (excluding diaryl/α,β-unsaturated/α-hetero) is 1. The molecule has 1 aliphatic heterocycles. The molecule has 0 saturated carbocycles. The van der Waals surface area contributed by atoms with Gasteiger partial charge in [-0.3, -0.25) is 9.59 Å². The van der Waals surface area contributed by atoms with Gasteiger partial charge in [-0.2, -0.15) is 0 Å². The molecule has 0 spiro atoms. The third kappa shape index (κ3) is 4.03. The Labute approximate surface area is 155 Å². The summed E-state index contributed by atoms with van der Waals surface area (Å²) in [5.74, 6) is 6.49. The van der Waals surface area contributed by atoms with Gasteiger partial charge in [-0.1, -0.05) is 56.0 Å². The van der Waals surface area contributed by atoms with Crippen LogP contribution < -0.4 is 0 Å². The number of allylic oxidation sites excluding steroid dienone is 5. The predicted octanol–water partition coefficient (Wildman–Crippen LogP) is 4.16. The van der Waals surface area contributed by atoms with Crippen LogP contribution in [0.4, 0.5) is 0 Å². The Morgan fingerprint density at radius 3 is 2.65 bits per heavy atom. The van der Waals surface area contributed by atoms with Gasteiger partial charge in [-0.05, 0) is 30.2 Å². The van der Waals surface area contributed by atoms with E-state index in [1.54, 1.807) is 4.90 Å². The van der Waals surface area contributed by atoms with E-state index in [-0.39, 0.29) is 30.4 Å². The second-order valence-corrected chi connectivity index (χ2v) is 6.85. The number of hydrogen-bond donors (Lipinski definition) is 0. The van der Waals surface area contributed by atoms with Crippen molar-refractivity contribution in [1.29, 1.82) is 0 Å². The lowest BCUT2D eigenvalue weighted by molar-refractivity contribution is -0.132. The number of nitrogens with zero attached hydrogens (tertiary/aromatic N) is 1. The van der Waals surface area contributed by atoms with Crippen LogP contribution in [0.25, 0.3) is 0 Å². The Kier molecular flexibility index (Phi) is 5.53. The molecule has 1 amide bonds. The zero-order chi connectivity index (χ0) is 18.5. The SMILES string of the molecule is CC(C)C(=O)CCC(=O)N1Cc2ccccc2C#CC2=C1C=CCC=C2. The van der Waals surface area contributed by atoms with E-state index in [4.69, 9.17) is 0 Å². The monoisotopic (exact) mass is 345 g/mol. The molecule has 1 aliphatic carbocycles. The number of fused-ring (bicyclic) bond motifs is 1.